The van der Waals surface area contributed by atoms with Crippen molar-refractivity contribution in [3.63, 3.8) is 0 Å². The molecule has 1 aliphatic rings. The van der Waals surface area contributed by atoms with Gasteiger partial charge in [0.15, 0.2) is 0 Å². The summed E-state index contributed by atoms with van der Waals surface area (Å²) in [7, 11) is -1.47. The van der Waals surface area contributed by atoms with Crippen molar-refractivity contribution < 1.29 is 8.42 Å². The fourth-order valence-electron chi connectivity index (χ4n) is 2.70. The van der Waals surface area contributed by atoms with Gasteiger partial charge in [0.1, 0.15) is 0 Å². The van der Waals surface area contributed by atoms with Gasteiger partial charge in [-0.25, -0.2) is 13.6 Å². The number of likely N-dealkylation sites (N-methyl/N-ethyl adjacent to an activating group) is 1. The van der Waals surface area contributed by atoms with Crippen molar-refractivity contribution in [2.75, 3.05) is 20.1 Å². The van der Waals surface area contributed by atoms with Crippen LogP contribution in [0.4, 0.5) is 0 Å². The molecule has 0 aliphatic carbocycles. The fraction of sp³-hybridized carbons (Fsp3) is 0.571. The second kappa shape index (κ2) is 6.22. The molecule has 0 radical (unpaired) electrons. The second-order valence-electron chi connectivity index (χ2n) is 5.60. The van der Waals surface area contributed by atoms with Crippen LogP contribution < -0.4 is 10.5 Å². The maximum atomic E-state index is 11.2. The molecule has 6 heteroatoms. The summed E-state index contributed by atoms with van der Waals surface area (Å²) < 4.78 is 22.4. The van der Waals surface area contributed by atoms with Crippen molar-refractivity contribution in [3.05, 3.63) is 29.8 Å². The van der Waals surface area contributed by atoms with Crippen molar-refractivity contribution in [2.45, 2.75) is 36.7 Å². The number of piperidine rings is 1. The van der Waals surface area contributed by atoms with E-state index in [1.54, 1.807) is 12.1 Å². The zero-order valence-corrected chi connectivity index (χ0v) is 12.9. The molecular weight excluding hydrogens is 274 g/mol. The summed E-state index contributed by atoms with van der Waals surface area (Å²) in [5.74, 6) is 0. The lowest BCUT2D eigenvalue weighted by molar-refractivity contribution is 0.218. The van der Waals surface area contributed by atoms with Crippen LogP contribution in [0.5, 0.6) is 0 Å². The highest BCUT2D eigenvalue weighted by atomic mass is 32.2. The molecule has 0 spiro atoms. The Morgan fingerprint density at radius 3 is 2.55 bits per heavy atom. The minimum atomic E-state index is -3.61. The number of nitrogens with one attached hydrogen (secondary N) is 1. The first-order chi connectivity index (χ1) is 9.36. The molecule has 2 atom stereocenters. The lowest BCUT2D eigenvalue weighted by Crippen LogP contribution is -2.44. The normalized spacial score (nSPS) is 22.6. The number of likely N-dealkylation sites (tertiary alicyclic amines) is 1. The molecule has 0 bridgehead atoms. The summed E-state index contributed by atoms with van der Waals surface area (Å²) in [5, 5.41) is 8.70. The van der Waals surface area contributed by atoms with Crippen LogP contribution in [0, 0.1) is 0 Å². The summed E-state index contributed by atoms with van der Waals surface area (Å²) in [5.41, 5.74) is 1.07. The Labute approximate surface area is 121 Å². The molecule has 1 saturated heterocycles. The highest BCUT2D eigenvalue weighted by Gasteiger charge is 2.19. The molecule has 2 unspecified atom stereocenters. The van der Waals surface area contributed by atoms with Crippen LogP contribution in [0.2, 0.25) is 0 Å². The number of nitrogens with zero attached hydrogens (tertiary/aromatic N) is 1. The Morgan fingerprint density at radius 2 is 2.00 bits per heavy atom. The number of benzene rings is 1. The van der Waals surface area contributed by atoms with Gasteiger partial charge in [-0.3, -0.25) is 0 Å². The van der Waals surface area contributed by atoms with E-state index in [0.29, 0.717) is 6.04 Å². The van der Waals surface area contributed by atoms with E-state index in [1.807, 2.05) is 12.1 Å². The molecule has 5 nitrogen and oxygen atoms in total. The smallest absolute Gasteiger partial charge is 0.238 e. The predicted octanol–water partition coefficient (Wildman–Crippen LogP) is 1.08. The minimum absolute atomic E-state index is 0.158. The van der Waals surface area contributed by atoms with Crippen molar-refractivity contribution in [2.24, 2.45) is 5.14 Å². The van der Waals surface area contributed by atoms with Crippen LogP contribution in [0.3, 0.4) is 0 Å². The maximum Gasteiger partial charge on any atom is 0.238 e. The first-order valence-corrected chi connectivity index (χ1v) is 8.48. The van der Waals surface area contributed by atoms with Gasteiger partial charge in [-0.2, -0.15) is 0 Å². The van der Waals surface area contributed by atoms with Gasteiger partial charge in [0.05, 0.1) is 4.90 Å². The van der Waals surface area contributed by atoms with E-state index >= 15 is 0 Å². The molecule has 1 fully saturated rings. The van der Waals surface area contributed by atoms with Crippen LogP contribution in [0.25, 0.3) is 0 Å². The van der Waals surface area contributed by atoms with E-state index in [4.69, 9.17) is 5.14 Å². The molecule has 1 aromatic rings. The molecule has 0 amide bonds. The average Bonchev–Trinajstić information content (AvgIpc) is 2.38. The van der Waals surface area contributed by atoms with Crippen molar-refractivity contribution in [1.82, 2.24) is 10.2 Å². The summed E-state index contributed by atoms with van der Waals surface area (Å²) >= 11 is 0. The zero-order valence-electron chi connectivity index (χ0n) is 12.0. The van der Waals surface area contributed by atoms with Gasteiger partial charge in [0.2, 0.25) is 10.0 Å². The highest BCUT2D eigenvalue weighted by molar-refractivity contribution is 7.89. The van der Waals surface area contributed by atoms with Crippen LogP contribution in [-0.4, -0.2) is 39.5 Å². The van der Waals surface area contributed by atoms with Crippen molar-refractivity contribution in [3.8, 4) is 0 Å². The molecule has 1 aromatic carbocycles. The summed E-state index contributed by atoms with van der Waals surface area (Å²) in [6, 6.07) is 7.46. The van der Waals surface area contributed by atoms with Crippen LogP contribution in [0.1, 0.15) is 31.4 Å². The SMILES string of the molecule is CC(NC1CCCN(C)C1)c1ccc(S(N)(=O)=O)cc1. The van der Waals surface area contributed by atoms with Gasteiger partial charge < -0.3 is 10.2 Å². The molecule has 112 valence electrons. The molecule has 1 heterocycles. The van der Waals surface area contributed by atoms with Crippen molar-refractivity contribution in [1.29, 1.82) is 0 Å². The van der Waals surface area contributed by atoms with Crippen LogP contribution in [-0.2, 0) is 10.0 Å². The molecule has 3 N–H and O–H groups in total. The number of nitrogens with two attached hydrogens (primary N) is 1. The summed E-state index contributed by atoms with van der Waals surface area (Å²) in [6.45, 7) is 4.32. The number of hydrogen-bond acceptors (Lipinski definition) is 4. The van der Waals surface area contributed by atoms with Crippen molar-refractivity contribution >= 4 is 10.0 Å². The lowest BCUT2D eigenvalue weighted by atomic mass is 10.0. The first kappa shape index (κ1) is 15.4. The number of hydrogen-bond donors (Lipinski definition) is 2. The third-order valence-electron chi connectivity index (χ3n) is 3.82. The largest absolute Gasteiger partial charge is 0.306 e. The van der Waals surface area contributed by atoms with E-state index in [2.05, 4.69) is 24.2 Å². The van der Waals surface area contributed by atoms with Crippen LogP contribution >= 0.6 is 0 Å². The topological polar surface area (TPSA) is 75.4 Å². The number of sulfonamides is 1. The Morgan fingerprint density at radius 1 is 1.35 bits per heavy atom. The van der Waals surface area contributed by atoms with E-state index in [1.165, 1.54) is 12.8 Å². The molecule has 0 aromatic heterocycles. The Bertz CT molecular complexity index is 542. The molecule has 1 aliphatic heterocycles. The van der Waals surface area contributed by atoms with Gasteiger partial charge >= 0.3 is 0 Å². The van der Waals surface area contributed by atoms with E-state index in [9.17, 15) is 8.42 Å². The molecular formula is C14H23N3O2S. The number of rotatable bonds is 4. The fourth-order valence-corrected chi connectivity index (χ4v) is 3.21. The van der Waals surface area contributed by atoms with E-state index < -0.39 is 10.0 Å². The number of primary sulfonamides is 1. The van der Waals surface area contributed by atoms with Crippen LogP contribution in [0.15, 0.2) is 29.2 Å². The van der Waals surface area contributed by atoms with Gasteiger partial charge in [-0.1, -0.05) is 12.1 Å². The molecule has 20 heavy (non-hydrogen) atoms. The highest BCUT2D eigenvalue weighted by Crippen LogP contribution is 2.18. The molecule has 2 rings (SSSR count). The van der Waals surface area contributed by atoms with E-state index in [-0.39, 0.29) is 10.9 Å². The predicted molar refractivity (Wildman–Crippen MR) is 79.9 cm³/mol. The summed E-state index contributed by atoms with van der Waals surface area (Å²) in [4.78, 5) is 2.49. The van der Waals surface area contributed by atoms with Gasteiger partial charge in [0.25, 0.3) is 0 Å². The van der Waals surface area contributed by atoms with Gasteiger partial charge in [-0.05, 0) is 51.1 Å². The minimum Gasteiger partial charge on any atom is -0.306 e. The monoisotopic (exact) mass is 297 g/mol. The van der Waals surface area contributed by atoms with Gasteiger partial charge in [0, 0.05) is 18.6 Å². The average molecular weight is 297 g/mol. The summed E-state index contributed by atoms with van der Waals surface area (Å²) in [6.07, 6.45) is 2.40. The zero-order chi connectivity index (χ0) is 14.8. The third-order valence-corrected chi connectivity index (χ3v) is 4.75. The quantitative estimate of drug-likeness (QED) is 0.872. The second-order valence-corrected chi connectivity index (χ2v) is 7.17. The Balaban J connectivity index is 2.00. The van der Waals surface area contributed by atoms with Gasteiger partial charge in [-0.15, -0.1) is 0 Å². The maximum absolute atomic E-state index is 11.2. The Hall–Kier alpha value is -0.950. The third kappa shape index (κ3) is 4.02. The first-order valence-electron chi connectivity index (χ1n) is 6.93. The lowest BCUT2D eigenvalue weighted by Gasteiger charge is -2.32. The molecule has 0 saturated carbocycles. The Kier molecular flexibility index (Phi) is 4.80. The standard InChI is InChI=1S/C14H23N3O2S/c1-11(16-13-4-3-9-17(2)10-13)12-5-7-14(8-6-12)20(15,18)19/h5-8,11,13,16H,3-4,9-10H2,1-2H3,(H2,15,18,19). The van der Waals surface area contributed by atoms with E-state index in [0.717, 1.165) is 18.7 Å².